The third-order valence-corrected chi connectivity index (χ3v) is 3.95. The van der Waals surface area contributed by atoms with Crippen molar-refractivity contribution in [2.45, 2.75) is 84.5 Å². The molecule has 0 aromatic carbocycles. The molecule has 0 aromatic rings. The Morgan fingerprint density at radius 1 is 0.667 bits per heavy atom. The van der Waals surface area contributed by atoms with Crippen LogP contribution in [0.5, 0.6) is 0 Å². The molecule has 0 rings (SSSR count). The van der Waals surface area contributed by atoms with E-state index in [1.807, 2.05) is 0 Å². The maximum atomic E-state index is 5.80. The highest BCUT2D eigenvalue weighted by Gasteiger charge is 2.13. The largest absolute Gasteiger partial charge is 1.00 e. The molecule has 0 unspecified atom stereocenters. The molecule has 0 amide bonds. The van der Waals surface area contributed by atoms with Gasteiger partial charge in [0.15, 0.2) is 6.73 Å². The monoisotopic (exact) mass is 321 g/mol. The fourth-order valence-corrected chi connectivity index (χ4v) is 2.50. The lowest BCUT2D eigenvalue weighted by molar-refractivity contribution is -0.909. The Labute approximate surface area is 140 Å². The maximum absolute atomic E-state index is 5.80. The number of rotatable bonds is 15. The molecule has 0 N–H and O–H groups in total. The smallest absolute Gasteiger partial charge is 0.182 e. The molecule has 0 saturated carbocycles. The van der Waals surface area contributed by atoms with Gasteiger partial charge in [0, 0.05) is 0 Å². The molecule has 0 aliphatic heterocycles. The van der Waals surface area contributed by atoms with Crippen molar-refractivity contribution in [2.75, 3.05) is 34.0 Å². The Morgan fingerprint density at radius 2 is 1.14 bits per heavy atom. The number of unbranched alkanes of at least 4 members (excludes halogenated alkanes) is 9. The van der Waals surface area contributed by atoms with Gasteiger partial charge in [0.1, 0.15) is 0 Å². The molecule has 0 radical (unpaired) electrons. The SMILES string of the molecule is CCCCCCCCCC[N+](C)(C)COCCCCC.[Cl-]. The van der Waals surface area contributed by atoms with Crippen LogP contribution in [0.1, 0.15) is 84.5 Å². The minimum atomic E-state index is 0. The molecule has 0 aromatic heterocycles. The molecular formula is C18H40ClNO. The quantitative estimate of drug-likeness (QED) is 0.256. The average molecular weight is 322 g/mol. The van der Waals surface area contributed by atoms with E-state index in [4.69, 9.17) is 4.74 Å². The zero-order valence-corrected chi connectivity index (χ0v) is 15.9. The zero-order valence-electron chi connectivity index (χ0n) is 15.1. The lowest BCUT2D eigenvalue weighted by Gasteiger charge is -2.29. The van der Waals surface area contributed by atoms with E-state index < -0.39 is 0 Å². The van der Waals surface area contributed by atoms with E-state index in [9.17, 15) is 0 Å². The van der Waals surface area contributed by atoms with Crippen LogP contribution in [0.3, 0.4) is 0 Å². The highest BCUT2D eigenvalue weighted by molar-refractivity contribution is 4.46. The summed E-state index contributed by atoms with van der Waals surface area (Å²) < 4.78 is 6.81. The number of hydrogen-bond donors (Lipinski definition) is 0. The number of ether oxygens (including phenoxy) is 1. The molecule has 0 bridgehead atoms. The van der Waals surface area contributed by atoms with E-state index in [-0.39, 0.29) is 12.4 Å². The van der Waals surface area contributed by atoms with Gasteiger partial charge in [-0.3, -0.25) is 0 Å². The van der Waals surface area contributed by atoms with Crippen molar-refractivity contribution in [3.8, 4) is 0 Å². The van der Waals surface area contributed by atoms with E-state index in [0.29, 0.717) is 0 Å². The van der Waals surface area contributed by atoms with E-state index in [0.717, 1.165) is 17.8 Å². The molecule has 0 aliphatic carbocycles. The van der Waals surface area contributed by atoms with Gasteiger partial charge < -0.3 is 21.6 Å². The standard InChI is InChI=1S/C18H40NO.ClH/c1-5-7-9-10-11-12-13-14-16-19(3,4)18-20-17-15-8-6-2;/h5-18H2,1-4H3;1H/q+1;/p-1. The predicted molar refractivity (Wildman–Crippen MR) is 89.9 cm³/mol. The average Bonchev–Trinajstić information content (AvgIpc) is 2.41. The predicted octanol–water partition coefficient (Wildman–Crippen LogP) is 2.37. The van der Waals surface area contributed by atoms with Crippen molar-refractivity contribution >= 4 is 0 Å². The van der Waals surface area contributed by atoms with Gasteiger partial charge in [-0.1, -0.05) is 65.2 Å². The lowest BCUT2D eigenvalue weighted by atomic mass is 10.1. The zero-order chi connectivity index (χ0) is 15.1. The van der Waals surface area contributed by atoms with Gasteiger partial charge in [-0.05, 0) is 19.3 Å². The van der Waals surface area contributed by atoms with Crippen LogP contribution in [-0.2, 0) is 4.74 Å². The van der Waals surface area contributed by atoms with Crippen molar-refractivity contribution < 1.29 is 21.6 Å². The Bertz CT molecular complexity index is 198. The number of hydrogen-bond acceptors (Lipinski definition) is 1. The summed E-state index contributed by atoms with van der Waals surface area (Å²) in [5.41, 5.74) is 0. The van der Waals surface area contributed by atoms with Crippen molar-refractivity contribution in [3.05, 3.63) is 0 Å². The van der Waals surface area contributed by atoms with E-state index in [2.05, 4.69) is 27.9 Å². The second-order valence-corrected chi connectivity index (χ2v) is 6.88. The normalized spacial score (nSPS) is 11.4. The van der Waals surface area contributed by atoms with Gasteiger partial charge in [0.2, 0.25) is 0 Å². The van der Waals surface area contributed by atoms with E-state index in [1.54, 1.807) is 0 Å². The van der Waals surface area contributed by atoms with Gasteiger partial charge in [0.25, 0.3) is 0 Å². The van der Waals surface area contributed by atoms with E-state index in [1.165, 1.54) is 77.2 Å². The molecule has 0 spiro atoms. The van der Waals surface area contributed by atoms with Gasteiger partial charge >= 0.3 is 0 Å². The maximum Gasteiger partial charge on any atom is 0.182 e. The Kier molecular flexibility index (Phi) is 18.5. The summed E-state index contributed by atoms with van der Waals surface area (Å²) in [4.78, 5) is 0. The summed E-state index contributed by atoms with van der Waals surface area (Å²) in [6.45, 7) is 7.59. The molecule has 3 heteroatoms. The lowest BCUT2D eigenvalue weighted by Crippen LogP contribution is -3.00. The minimum absolute atomic E-state index is 0. The third kappa shape index (κ3) is 18.2. The number of nitrogens with zero attached hydrogens (tertiary/aromatic N) is 1. The van der Waals surface area contributed by atoms with Crippen LogP contribution in [0.4, 0.5) is 0 Å². The highest BCUT2D eigenvalue weighted by atomic mass is 35.5. The molecule has 130 valence electrons. The van der Waals surface area contributed by atoms with Crippen LogP contribution in [0, 0.1) is 0 Å². The van der Waals surface area contributed by atoms with Crippen LogP contribution < -0.4 is 12.4 Å². The summed E-state index contributed by atoms with van der Waals surface area (Å²) in [7, 11) is 4.59. The summed E-state index contributed by atoms with van der Waals surface area (Å²) in [5, 5.41) is 0. The van der Waals surface area contributed by atoms with Crippen molar-refractivity contribution in [3.63, 3.8) is 0 Å². The van der Waals surface area contributed by atoms with Gasteiger partial charge in [0.05, 0.1) is 27.2 Å². The molecular weight excluding hydrogens is 282 g/mol. The second-order valence-electron chi connectivity index (χ2n) is 6.88. The second kappa shape index (κ2) is 16.6. The summed E-state index contributed by atoms with van der Waals surface area (Å²) >= 11 is 0. The van der Waals surface area contributed by atoms with Crippen LogP contribution in [0.25, 0.3) is 0 Å². The third-order valence-electron chi connectivity index (χ3n) is 3.95. The number of quaternary nitrogens is 1. The molecule has 0 aliphatic rings. The highest BCUT2D eigenvalue weighted by Crippen LogP contribution is 2.10. The summed E-state index contributed by atoms with van der Waals surface area (Å²) in [6, 6.07) is 0. The summed E-state index contributed by atoms with van der Waals surface area (Å²) in [5.74, 6) is 0. The van der Waals surface area contributed by atoms with Gasteiger partial charge in [-0.2, -0.15) is 0 Å². The fourth-order valence-electron chi connectivity index (χ4n) is 2.50. The van der Waals surface area contributed by atoms with Crippen LogP contribution in [0.2, 0.25) is 0 Å². The first-order valence-electron chi connectivity index (χ1n) is 9.02. The Morgan fingerprint density at radius 3 is 1.71 bits per heavy atom. The first-order valence-corrected chi connectivity index (χ1v) is 9.02. The van der Waals surface area contributed by atoms with Gasteiger partial charge in [-0.25, -0.2) is 0 Å². The first-order chi connectivity index (χ1) is 9.62. The van der Waals surface area contributed by atoms with Crippen LogP contribution in [0.15, 0.2) is 0 Å². The summed E-state index contributed by atoms with van der Waals surface area (Å²) in [6.07, 6.45) is 15.0. The number of halogens is 1. The van der Waals surface area contributed by atoms with Crippen molar-refractivity contribution in [2.24, 2.45) is 0 Å². The van der Waals surface area contributed by atoms with Crippen molar-refractivity contribution in [1.29, 1.82) is 0 Å². The van der Waals surface area contributed by atoms with Gasteiger partial charge in [-0.15, -0.1) is 0 Å². The Balaban J connectivity index is 0. The molecule has 0 heterocycles. The molecule has 0 fully saturated rings. The van der Waals surface area contributed by atoms with Crippen molar-refractivity contribution in [1.82, 2.24) is 0 Å². The molecule has 0 atom stereocenters. The first kappa shape index (κ1) is 23.5. The molecule has 21 heavy (non-hydrogen) atoms. The molecule has 0 saturated heterocycles. The minimum Gasteiger partial charge on any atom is -1.00 e. The topological polar surface area (TPSA) is 9.23 Å². The van der Waals surface area contributed by atoms with Crippen LogP contribution >= 0.6 is 0 Å². The Hall–Kier alpha value is 0.210. The van der Waals surface area contributed by atoms with E-state index >= 15 is 0 Å². The fraction of sp³-hybridized carbons (Fsp3) is 1.00. The molecule has 2 nitrogen and oxygen atoms in total. The van der Waals surface area contributed by atoms with Crippen LogP contribution in [-0.4, -0.2) is 38.5 Å².